The van der Waals surface area contributed by atoms with Crippen molar-refractivity contribution in [2.24, 2.45) is 0 Å². The summed E-state index contributed by atoms with van der Waals surface area (Å²) in [6, 6.07) is 14.0. The van der Waals surface area contributed by atoms with E-state index < -0.39 is 18.0 Å². The molecule has 1 atom stereocenters. The maximum absolute atomic E-state index is 12.5. The van der Waals surface area contributed by atoms with E-state index in [9.17, 15) is 14.4 Å². The van der Waals surface area contributed by atoms with E-state index in [0.717, 1.165) is 21.6 Å². The first-order valence-corrected chi connectivity index (χ1v) is 8.47. The molecule has 26 heavy (non-hydrogen) atoms. The van der Waals surface area contributed by atoms with Gasteiger partial charge < -0.3 is 10.6 Å². The van der Waals surface area contributed by atoms with E-state index in [2.05, 4.69) is 10.6 Å². The van der Waals surface area contributed by atoms with Crippen LogP contribution in [0.1, 0.15) is 16.7 Å². The Morgan fingerprint density at radius 3 is 2.35 bits per heavy atom. The number of urea groups is 1. The van der Waals surface area contributed by atoms with Gasteiger partial charge in [0.2, 0.25) is 5.91 Å². The van der Waals surface area contributed by atoms with E-state index in [4.69, 9.17) is 0 Å². The number of hydrogen-bond acceptors (Lipinski definition) is 3. The van der Waals surface area contributed by atoms with Crippen molar-refractivity contribution in [3.63, 3.8) is 0 Å². The monoisotopic (exact) mass is 351 g/mol. The fraction of sp³-hybridized carbons (Fsp3) is 0.250. The summed E-state index contributed by atoms with van der Waals surface area (Å²) in [5.74, 6) is -0.776. The summed E-state index contributed by atoms with van der Waals surface area (Å²) in [6.45, 7) is 3.49. The number of para-hydroxylation sites is 1. The van der Waals surface area contributed by atoms with Gasteiger partial charge in [-0.05, 0) is 30.5 Å². The fourth-order valence-electron chi connectivity index (χ4n) is 3.05. The number of anilines is 1. The Bertz CT molecular complexity index is 828. The van der Waals surface area contributed by atoms with E-state index in [1.165, 1.54) is 0 Å². The van der Waals surface area contributed by atoms with Crippen LogP contribution < -0.4 is 10.6 Å². The number of rotatable bonds is 5. The molecular formula is C20H21N3O3. The number of imide groups is 1. The molecule has 0 radical (unpaired) electrons. The second-order valence-electron chi connectivity index (χ2n) is 6.43. The van der Waals surface area contributed by atoms with Crippen molar-refractivity contribution in [2.75, 3.05) is 11.9 Å². The number of carbonyl (C=O) groups excluding carboxylic acids is 3. The van der Waals surface area contributed by atoms with Gasteiger partial charge in [-0.3, -0.25) is 14.5 Å². The molecule has 2 N–H and O–H groups in total. The fourth-order valence-corrected chi connectivity index (χ4v) is 3.05. The predicted molar refractivity (Wildman–Crippen MR) is 98.7 cm³/mol. The maximum Gasteiger partial charge on any atom is 0.325 e. The molecule has 3 rings (SSSR count). The highest BCUT2D eigenvalue weighted by Gasteiger charge is 2.38. The van der Waals surface area contributed by atoms with Gasteiger partial charge in [0, 0.05) is 12.1 Å². The first-order valence-electron chi connectivity index (χ1n) is 8.47. The lowest BCUT2D eigenvalue weighted by molar-refractivity contribution is -0.130. The lowest BCUT2D eigenvalue weighted by Crippen LogP contribution is -2.38. The van der Waals surface area contributed by atoms with Crippen molar-refractivity contribution in [1.82, 2.24) is 10.2 Å². The largest absolute Gasteiger partial charge is 0.325 e. The van der Waals surface area contributed by atoms with E-state index in [1.54, 1.807) is 0 Å². The van der Waals surface area contributed by atoms with Gasteiger partial charge in [0.1, 0.15) is 12.6 Å². The summed E-state index contributed by atoms with van der Waals surface area (Å²) in [6.07, 6.45) is 0.403. The van der Waals surface area contributed by atoms with Crippen molar-refractivity contribution in [3.05, 3.63) is 65.2 Å². The Hall–Kier alpha value is -3.15. The first-order chi connectivity index (χ1) is 12.5. The zero-order chi connectivity index (χ0) is 18.7. The Morgan fingerprint density at radius 1 is 1.04 bits per heavy atom. The minimum Gasteiger partial charge on any atom is -0.325 e. The number of aryl methyl sites for hydroxylation is 2. The summed E-state index contributed by atoms with van der Waals surface area (Å²) >= 11 is 0. The van der Waals surface area contributed by atoms with E-state index >= 15 is 0 Å². The number of amides is 4. The van der Waals surface area contributed by atoms with Gasteiger partial charge in [0.05, 0.1) is 0 Å². The van der Waals surface area contributed by atoms with Gasteiger partial charge in [-0.15, -0.1) is 0 Å². The van der Waals surface area contributed by atoms with Crippen LogP contribution in [-0.4, -0.2) is 35.3 Å². The molecule has 1 heterocycles. The number of nitrogens with one attached hydrogen (secondary N) is 2. The van der Waals surface area contributed by atoms with E-state index in [-0.39, 0.29) is 12.5 Å². The third-order valence-corrected chi connectivity index (χ3v) is 4.44. The number of carbonyl (C=O) groups is 3. The maximum atomic E-state index is 12.5. The SMILES string of the molecule is Cc1cccc(C)c1NC(=O)CN1C(=O)N[C@H](Cc2ccccc2)C1=O. The van der Waals surface area contributed by atoms with Crippen LogP contribution in [0, 0.1) is 13.8 Å². The summed E-state index contributed by atoms with van der Waals surface area (Å²) in [4.78, 5) is 37.9. The van der Waals surface area contributed by atoms with Crippen molar-refractivity contribution >= 4 is 23.5 Å². The zero-order valence-electron chi connectivity index (χ0n) is 14.8. The molecule has 0 saturated carbocycles. The molecule has 0 aliphatic carbocycles. The van der Waals surface area contributed by atoms with Gasteiger partial charge in [-0.25, -0.2) is 4.79 Å². The normalized spacial score (nSPS) is 16.5. The quantitative estimate of drug-likeness (QED) is 0.812. The van der Waals surface area contributed by atoms with Gasteiger partial charge in [0.15, 0.2) is 0 Å². The van der Waals surface area contributed by atoms with Crippen molar-refractivity contribution in [2.45, 2.75) is 26.3 Å². The minimum absolute atomic E-state index is 0.302. The van der Waals surface area contributed by atoms with E-state index in [0.29, 0.717) is 12.1 Å². The molecule has 6 nitrogen and oxygen atoms in total. The van der Waals surface area contributed by atoms with Crippen molar-refractivity contribution < 1.29 is 14.4 Å². The Morgan fingerprint density at radius 2 is 1.69 bits per heavy atom. The van der Waals surface area contributed by atoms with Crippen LogP contribution in [0.5, 0.6) is 0 Å². The molecule has 4 amide bonds. The number of benzene rings is 2. The highest BCUT2D eigenvalue weighted by molar-refractivity contribution is 6.08. The third kappa shape index (κ3) is 3.74. The molecular weight excluding hydrogens is 330 g/mol. The van der Waals surface area contributed by atoms with Crippen molar-refractivity contribution in [3.8, 4) is 0 Å². The molecule has 1 fully saturated rings. The molecule has 0 spiro atoms. The standard InChI is InChI=1S/C20H21N3O3/c1-13-7-6-8-14(2)18(13)22-17(24)12-23-19(25)16(21-20(23)26)11-15-9-4-3-5-10-15/h3-10,16H,11-12H2,1-2H3,(H,21,26)(H,22,24)/t16-/m1/s1. The average Bonchev–Trinajstić information content (AvgIpc) is 2.87. The first kappa shape index (κ1) is 17.7. The van der Waals surface area contributed by atoms with Crippen LogP contribution in [0.25, 0.3) is 0 Å². The Balaban J connectivity index is 1.65. The molecule has 0 bridgehead atoms. The van der Waals surface area contributed by atoms with Crippen LogP contribution in [0.2, 0.25) is 0 Å². The average molecular weight is 351 g/mol. The van der Waals surface area contributed by atoms with Gasteiger partial charge in [-0.1, -0.05) is 48.5 Å². The van der Waals surface area contributed by atoms with Crippen molar-refractivity contribution in [1.29, 1.82) is 0 Å². The van der Waals surface area contributed by atoms with E-state index in [1.807, 2.05) is 62.4 Å². The lowest BCUT2D eigenvalue weighted by atomic mass is 10.1. The van der Waals surface area contributed by atoms with Gasteiger partial charge in [0.25, 0.3) is 5.91 Å². The lowest BCUT2D eigenvalue weighted by Gasteiger charge is -2.15. The van der Waals surface area contributed by atoms with Crippen LogP contribution in [-0.2, 0) is 16.0 Å². The van der Waals surface area contributed by atoms with Gasteiger partial charge in [-0.2, -0.15) is 0 Å². The molecule has 1 aliphatic heterocycles. The highest BCUT2D eigenvalue weighted by atomic mass is 16.2. The number of hydrogen-bond donors (Lipinski definition) is 2. The second-order valence-corrected chi connectivity index (χ2v) is 6.43. The molecule has 1 aliphatic rings. The topological polar surface area (TPSA) is 78.5 Å². The number of nitrogens with zero attached hydrogens (tertiary/aromatic N) is 1. The molecule has 0 aromatic heterocycles. The Kier molecular flexibility index (Phi) is 5.02. The molecule has 2 aromatic rings. The summed E-state index contributed by atoms with van der Waals surface area (Å²) in [5.41, 5.74) is 3.52. The van der Waals surface area contributed by atoms with Crippen LogP contribution in [0.4, 0.5) is 10.5 Å². The Labute approximate surface area is 152 Å². The highest BCUT2D eigenvalue weighted by Crippen LogP contribution is 2.19. The molecule has 6 heteroatoms. The predicted octanol–water partition coefficient (Wildman–Crippen LogP) is 2.41. The summed E-state index contributed by atoms with van der Waals surface area (Å²) in [7, 11) is 0. The smallest absolute Gasteiger partial charge is 0.325 e. The summed E-state index contributed by atoms with van der Waals surface area (Å²) in [5, 5.41) is 5.45. The molecule has 1 saturated heterocycles. The molecule has 0 unspecified atom stereocenters. The third-order valence-electron chi connectivity index (χ3n) is 4.44. The van der Waals surface area contributed by atoms with Crippen LogP contribution >= 0.6 is 0 Å². The van der Waals surface area contributed by atoms with Crippen LogP contribution in [0.15, 0.2) is 48.5 Å². The minimum atomic E-state index is -0.641. The van der Waals surface area contributed by atoms with Crippen LogP contribution in [0.3, 0.4) is 0 Å². The van der Waals surface area contributed by atoms with Gasteiger partial charge >= 0.3 is 6.03 Å². The second kappa shape index (κ2) is 7.39. The zero-order valence-corrected chi connectivity index (χ0v) is 14.8. The molecule has 2 aromatic carbocycles. The molecule has 134 valence electrons. The summed E-state index contributed by atoms with van der Waals surface area (Å²) < 4.78 is 0.